The van der Waals surface area contributed by atoms with Gasteiger partial charge >= 0.3 is 6.18 Å². The summed E-state index contributed by atoms with van der Waals surface area (Å²) in [6.45, 7) is 0.448. The molecule has 0 bridgehead atoms. The molecule has 1 heterocycles. The fraction of sp³-hybridized carbons (Fsp3) is 0.571. The third kappa shape index (κ3) is 2.77. The Labute approximate surface area is 130 Å². The van der Waals surface area contributed by atoms with Gasteiger partial charge in [0.15, 0.2) is 0 Å². The van der Waals surface area contributed by atoms with Gasteiger partial charge in [-0.25, -0.2) is 0 Å². The van der Waals surface area contributed by atoms with E-state index in [-0.39, 0.29) is 17.9 Å². The Morgan fingerprint density at radius 2 is 2.05 bits per heavy atom. The number of fused-ring (bicyclic) bond motifs is 1. The zero-order chi connectivity index (χ0) is 15.3. The first-order valence-corrected chi connectivity index (χ1v) is 7.41. The molecule has 21 heavy (non-hydrogen) atoms. The Morgan fingerprint density at radius 1 is 1.29 bits per heavy atom. The van der Waals surface area contributed by atoms with Crippen molar-refractivity contribution < 1.29 is 17.9 Å². The maximum absolute atomic E-state index is 12.2. The first-order valence-electron chi connectivity index (χ1n) is 6.65. The van der Waals surface area contributed by atoms with Gasteiger partial charge in [0.2, 0.25) is 0 Å². The lowest BCUT2D eigenvalue weighted by Crippen LogP contribution is -2.26. The van der Waals surface area contributed by atoms with Crippen LogP contribution in [0.2, 0.25) is 10.0 Å². The molecule has 3 atom stereocenters. The minimum absolute atomic E-state index is 0.0957. The maximum atomic E-state index is 12.2. The van der Waals surface area contributed by atoms with E-state index in [0.29, 0.717) is 16.0 Å². The van der Waals surface area contributed by atoms with E-state index in [4.69, 9.17) is 27.9 Å². The molecule has 1 unspecified atom stereocenters. The molecule has 2 fully saturated rings. The van der Waals surface area contributed by atoms with Crippen molar-refractivity contribution in [1.82, 2.24) is 5.32 Å². The van der Waals surface area contributed by atoms with E-state index in [0.717, 1.165) is 18.7 Å². The molecule has 0 amide bonds. The largest absolute Gasteiger partial charge is 0.411 e. The molecule has 0 radical (unpaired) electrons. The third-order valence-electron chi connectivity index (χ3n) is 4.50. The number of halogens is 5. The molecule has 2 aliphatic rings. The highest BCUT2D eigenvalue weighted by molar-refractivity contribution is 6.42. The molecule has 1 aliphatic heterocycles. The zero-order valence-corrected chi connectivity index (χ0v) is 12.5. The van der Waals surface area contributed by atoms with Crippen LogP contribution in [0.5, 0.6) is 0 Å². The third-order valence-corrected chi connectivity index (χ3v) is 5.24. The summed E-state index contributed by atoms with van der Waals surface area (Å²) in [7, 11) is 0. The zero-order valence-electron chi connectivity index (χ0n) is 11.0. The van der Waals surface area contributed by atoms with Gasteiger partial charge in [-0.05, 0) is 36.1 Å². The van der Waals surface area contributed by atoms with Crippen molar-refractivity contribution in [3.05, 3.63) is 33.8 Å². The van der Waals surface area contributed by atoms with Gasteiger partial charge in [0.1, 0.15) is 6.61 Å². The molecule has 3 rings (SSSR count). The van der Waals surface area contributed by atoms with Gasteiger partial charge in [-0.3, -0.25) is 0 Å². The maximum Gasteiger partial charge on any atom is 0.411 e. The van der Waals surface area contributed by atoms with Crippen molar-refractivity contribution >= 4 is 23.2 Å². The lowest BCUT2D eigenvalue weighted by atomic mass is 9.93. The number of piperidine rings is 1. The molecule has 1 saturated heterocycles. The summed E-state index contributed by atoms with van der Waals surface area (Å²) in [6, 6.07) is 5.45. The minimum Gasteiger partial charge on any atom is -0.372 e. The van der Waals surface area contributed by atoms with E-state index < -0.39 is 12.8 Å². The lowest BCUT2D eigenvalue weighted by molar-refractivity contribution is -0.175. The highest BCUT2D eigenvalue weighted by Crippen LogP contribution is 2.62. The van der Waals surface area contributed by atoms with Crippen molar-refractivity contribution in [3.8, 4) is 0 Å². The molecule has 7 heteroatoms. The summed E-state index contributed by atoms with van der Waals surface area (Å²) in [5, 5.41) is 4.22. The van der Waals surface area contributed by atoms with Crippen LogP contribution < -0.4 is 5.32 Å². The van der Waals surface area contributed by atoms with Crippen molar-refractivity contribution in [2.75, 3.05) is 26.3 Å². The second-order valence-electron chi connectivity index (χ2n) is 5.64. The minimum atomic E-state index is -4.28. The second kappa shape index (κ2) is 5.30. The van der Waals surface area contributed by atoms with E-state index in [9.17, 15) is 13.2 Å². The number of benzene rings is 1. The van der Waals surface area contributed by atoms with Crippen LogP contribution >= 0.6 is 23.2 Å². The number of alkyl halides is 3. The van der Waals surface area contributed by atoms with Crippen molar-refractivity contribution in [2.45, 2.75) is 11.6 Å². The van der Waals surface area contributed by atoms with Gasteiger partial charge < -0.3 is 10.1 Å². The Morgan fingerprint density at radius 3 is 2.71 bits per heavy atom. The van der Waals surface area contributed by atoms with Gasteiger partial charge in [-0.15, -0.1) is 0 Å². The van der Waals surface area contributed by atoms with Crippen LogP contribution in [0.1, 0.15) is 5.56 Å². The van der Waals surface area contributed by atoms with E-state index in [1.807, 2.05) is 12.1 Å². The number of nitrogens with one attached hydrogen (secondary N) is 1. The van der Waals surface area contributed by atoms with Crippen molar-refractivity contribution in [2.24, 2.45) is 11.8 Å². The predicted octanol–water partition coefficient (Wildman–Crippen LogP) is 3.66. The molecule has 1 aromatic rings. The fourth-order valence-electron chi connectivity index (χ4n) is 3.51. The molecule has 1 aliphatic carbocycles. The second-order valence-corrected chi connectivity index (χ2v) is 6.46. The molecule has 1 saturated carbocycles. The molecular weight excluding hydrogens is 326 g/mol. The SMILES string of the molecule is FC(F)(F)COCC1[C@@H]2CNC[C@]12c1ccc(Cl)c(Cl)c1. The molecule has 1 N–H and O–H groups in total. The number of hydrogen-bond acceptors (Lipinski definition) is 2. The van der Waals surface area contributed by atoms with Gasteiger partial charge in [0.05, 0.1) is 16.7 Å². The van der Waals surface area contributed by atoms with E-state index >= 15 is 0 Å². The van der Waals surface area contributed by atoms with Gasteiger partial charge in [-0.2, -0.15) is 13.2 Å². The van der Waals surface area contributed by atoms with Crippen LogP contribution in [0.25, 0.3) is 0 Å². The average Bonchev–Trinajstić information content (AvgIpc) is 2.80. The van der Waals surface area contributed by atoms with E-state index in [1.54, 1.807) is 6.07 Å². The monoisotopic (exact) mass is 339 g/mol. The Kier molecular flexibility index (Phi) is 3.89. The predicted molar refractivity (Wildman–Crippen MR) is 74.9 cm³/mol. The normalized spacial score (nSPS) is 31.3. The molecule has 0 spiro atoms. The van der Waals surface area contributed by atoms with Gasteiger partial charge in [0, 0.05) is 12.0 Å². The molecule has 1 aromatic carbocycles. The highest BCUT2D eigenvalue weighted by Gasteiger charge is 2.67. The topological polar surface area (TPSA) is 21.3 Å². The fourth-order valence-corrected chi connectivity index (χ4v) is 3.81. The van der Waals surface area contributed by atoms with Gasteiger partial charge in [-0.1, -0.05) is 29.3 Å². The smallest absolute Gasteiger partial charge is 0.372 e. The summed E-state index contributed by atoms with van der Waals surface area (Å²) >= 11 is 12.0. The van der Waals surface area contributed by atoms with Crippen molar-refractivity contribution in [1.29, 1.82) is 0 Å². The summed E-state index contributed by atoms with van der Waals surface area (Å²) < 4.78 is 41.3. The van der Waals surface area contributed by atoms with Gasteiger partial charge in [0.25, 0.3) is 0 Å². The van der Waals surface area contributed by atoms with E-state index in [2.05, 4.69) is 5.32 Å². The summed E-state index contributed by atoms with van der Waals surface area (Å²) in [5.41, 5.74) is 0.854. The Bertz CT molecular complexity index is 552. The quantitative estimate of drug-likeness (QED) is 0.903. The number of ether oxygens (including phenoxy) is 1. The standard InChI is InChI=1S/C14H14Cl2F3NO/c15-11-2-1-8(3-12(11)16)13-6-20-4-9(13)10(13)5-21-7-14(17,18)19/h1-3,9-10,20H,4-7H2/t9-,10?,13+/m0/s1. The van der Waals surface area contributed by atoms with E-state index in [1.165, 1.54) is 0 Å². The molecule has 116 valence electrons. The molecule has 2 nitrogen and oxygen atoms in total. The van der Waals surface area contributed by atoms with Crippen LogP contribution in [0.3, 0.4) is 0 Å². The molecular formula is C14H14Cl2F3NO. The Hall–Kier alpha value is -0.490. The lowest BCUT2D eigenvalue weighted by Gasteiger charge is -2.17. The summed E-state index contributed by atoms with van der Waals surface area (Å²) in [6.07, 6.45) is -4.28. The number of rotatable bonds is 4. The van der Waals surface area contributed by atoms with Crippen LogP contribution in [0.4, 0.5) is 13.2 Å². The van der Waals surface area contributed by atoms with Crippen LogP contribution in [-0.2, 0) is 10.2 Å². The highest BCUT2D eigenvalue weighted by atomic mass is 35.5. The average molecular weight is 340 g/mol. The van der Waals surface area contributed by atoms with Crippen LogP contribution in [-0.4, -0.2) is 32.5 Å². The number of hydrogen-bond donors (Lipinski definition) is 1. The Balaban J connectivity index is 1.72. The first-order chi connectivity index (χ1) is 9.84. The first kappa shape index (κ1) is 15.4. The molecule has 0 aromatic heterocycles. The van der Waals surface area contributed by atoms with Crippen LogP contribution in [0.15, 0.2) is 18.2 Å². The van der Waals surface area contributed by atoms with Crippen molar-refractivity contribution in [3.63, 3.8) is 0 Å². The van der Waals surface area contributed by atoms with Crippen LogP contribution in [0, 0.1) is 11.8 Å². The summed E-state index contributed by atoms with van der Waals surface area (Å²) in [5.74, 6) is 0.390. The summed E-state index contributed by atoms with van der Waals surface area (Å²) in [4.78, 5) is 0.